The van der Waals surface area contributed by atoms with E-state index in [9.17, 15) is 0 Å². The first-order valence-corrected chi connectivity index (χ1v) is 2.72. The van der Waals surface area contributed by atoms with E-state index in [2.05, 4.69) is 6.92 Å². The molecule has 0 aromatic carbocycles. The molecule has 0 spiro atoms. The summed E-state index contributed by atoms with van der Waals surface area (Å²) < 4.78 is 0. The molecule has 1 fully saturated rings. The molecule has 0 unspecified atom stereocenters. The molecule has 0 heterocycles. The van der Waals surface area contributed by atoms with Gasteiger partial charge in [0.25, 0.3) is 0 Å². The zero-order chi connectivity index (χ0) is 4.41. The van der Waals surface area contributed by atoms with Crippen molar-refractivity contribution in [2.45, 2.75) is 25.7 Å². The van der Waals surface area contributed by atoms with Gasteiger partial charge in [-0.25, -0.2) is 0 Å². The van der Waals surface area contributed by atoms with Crippen LogP contribution in [0.25, 0.3) is 0 Å². The Hall–Kier alpha value is 1.10. The van der Waals surface area contributed by atoms with Gasteiger partial charge in [-0.2, -0.15) is 5.92 Å². The van der Waals surface area contributed by atoms with Crippen molar-refractivity contribution in [3.63, 3.8) is 0 Å². The summed E-state index contributed by atoms with van der Waals surface area (Å²) in [4.78, 5) is 0. The van der Waals surface area contributed by atoms with Crippen LogP contribution in [0.4, 0.5) is 0 Å². The fraction of sp³-hybridized carbons (Fsp3) is 0.833. The summed E-state index contributed by atoms with van der Waals surface area (Å²) in [6.07, 6.45) is 5.60. The van der Waals surface area contributed by atoms with Gasteiger partial charge in [0.15, 0.2) is 0 Å². The Morgan fingerprint density at radius 2 is 1.57 bits per heavy atom. The maximum Gasteiger partial charge on any atom is 0 e. The van der Waals surface area contributed by atoms with Gasteiger partial charge in [-0.3, -0.25) is 0 Å². The Balaban J connectivity index is 0.000000360. The van der Waals surface area contributed by atoms with E-state index < -0.39 is 0 Å². The summed E-state index contributed by atoms with van der Waals surface area (Å²) in [5, 5.41) is 0. The van der Waals surface area contributed by atoms with Crippen LogP contribution in [0.1, 0.15) is 25.7 Å². The van der Waals surface area contributed by atoms with Crippen molar-refractivity contribution in [1.29, 1.82) is 0 Å². The second-order valence-electron chi connectivity index (χ2n) is 2.15. The standard InChI is InChI=1S/C6H11.Y/c1-6-4-2-3-5-6;/h6H,1-5H2;/q-1;. The van der Waals surface area contributed by atoms with Crippen LogP contribution in [-0.2, 0) is 32.7 Å². The van der Waals surface area contributed by atoms with E-state index in [0.717, 1.165) is 5.92 Å². The summed E-state index contributed by atoms with van der Waals surface area (Å²) in [7, 11) is 0. The molecule has 39 valence electrons. The molecule has 0 aliphatic heterocycles. The molecule has 1 aliphatic rings. The molecule has 0 amide bonds. The number of hydrogen-bond acceptors (Lipinski definition) is 0. The molecule has 1 heteroatoms. The van der Waals surface area contributed by atoms with Crippen molar-refractivity contribution >= 4 is 0 Å². The molecule has 0 nitrogen and oxygen atoms in total. The number of rotatable bonds is 0. The molecule has 0 bridgehead atoms. The minimum absolute atomic E-state index is 0. The van der Waals surface area contributed by atoms with E-state index in [4.69, 9.17) is 0 Å². The zero-order valence-electron chi connectivity index (χ0n) is 4.69. The van der Waals surface area contributed by atoms with Gasteiger partial charge in [0.1, 0.15) is 0 Å². The van der Waals surface area contributed by atoms with E-state index in [1.54, 1.807) is 0 Å². The number of hydrogen-bond donors (Lipinski definition) is 0. The molecule has 0 N–H and O–H groups in total. The maximum absolute atomic E-state index is 3.94. The summed E-state index contributed by atoms with van der Waals surface area (Å²) in [5.74, 6) is 0.796. The van der Waals surface area contributed by atoms with E-state index in [0.29, 0.717) is 0 Å². The summed E-state index contributed by atoms with van der Waals surface area (Å²) in [6, 6.07) is 0. The molecule has 1 rings (SSSR count). The molecule has 0 aromatic heterocycles. The largest absolute Gasteiger partial charge is 0.340 e. The summed E-state index contributed by atoms with van der Waals surface area (Å²) in [5.41, 5.74) is 0. The van der Waals surface area contributed by atoms with Crippen LogP contribution in [0.3, 0.4) is 0 Å². The van der Waals surface area contributed by atoms with Gasteiger partial charge in [0.05, 0.1) is 0 Å². The Kier molecular flexibility index (Phi) is 4.67. The summed E-state index contributed by atoms with van der Waals surface area (Å²) in [6.45, 7) is 3.94. The third kappa shape index (κ3) is 2.82. The van der Waals surface area contributed by atoms with E-state index in [-0.39, 0.29) is 32.7 Å². The van der Waals surface area contributed by atoms with Crippen LogP contribution < -0.4 is 0 Å². The molecule has 1 aliphatic carbocycles. The SMILES string of the molecule is [CH2-]C1CCCC1.[Y]. The molecule has 7 heavy (non-hydrogen) atoms. The van der Waals surface area contributed by atoms with Gasteiger partial charge < -0.3 is 6.92 Å². The fourth-order valence-electron chi connectivity index (χ4n) is 1.01. The first-order valence-electron chi connectivity index (χ1n) is 2.72. The van der Waals surface area contributed by atoms with Gasteiger partial charge in [-0.05, 0) is 0 Å². The molecule has 0 saturated heterocycles. The van der Waals surface area contributed by atoms with Crippen LogP contribution in [0.5, 0.6) is 0 Å². The van der Waals surface area contributed by atoms with Gasteiger partial charge in [0, 0.05) is 32.7 Å². The zero-order valence-corrected chi connectivity index (χ0v) is 7.53. The van der Waals surface area contributed by atoms with Crippen LogP contribution in [0.2, 0.25) is 0 Å². The van der Waals surface area contributed by atoms with Crippen LogP contribution >= 0.6 is 0 Å². The predicted molar refractivity (Wildman–Crippen MR) is 27.3 cm³/mol. The predicted octanol–water partition coefficient (Wildman–Crippen LogP) is 2.01. The van der Waals surface area contributed by atoms with Crippen molar-refractivity contribution < 1.29 is 32.7 Å². The van der Waals surface area contributed by atoms with Crippen molar-refractivity contribution in [3.8, 4) is 0 Å². The topological polar surface area (TPSA) is 0 Å². The van der Waals surface area contributed by atoms with Crippen molar-refractivity contribution in [2.24, 2.45) is 5.92 Å². The Labute approximate surface area is 70.9 Å². The third-order valence-electron chi connectivity index (χ3n) is 1.47. The summed E-state index contributed by atoms with van der Waals surface area (Å²) >= 11 is 0. The smallest absolute Gasteiger partial charge is 0 e. The van der Waals surface area contributed by atoms with Crippen molar-refractivity contribution in [3.05, 3.63) is 6.92 Å². The molecular weight excluding hydrogens is 161 g/mol. The second-order valence-corrected chi connectivity index (χ2v) is 2.15. The van der Waals surface area contributed by atoms with Crippen LogP contribution in [0, 0.1) is 12.8 Å². The van der Waals surface area contributed by atoms with E-state index >= 15 is 0 Å². The van der Waals surface area contributed by atoms with Gasteiger partial charge in [-0.1, -0.05) is 25.7 Å². The molecule has 0 atom stereocenters. The molecule has 0 aromatic rings. The Morgan fingerprint density at radius 1 is 1.14 bits per heavy atom. The minimum Gasteiger partial charge on any atom is -0.340 e. The van der Waals surface area contributed by atoms with E-state index in [1.165, 1.54) is 25.7 Å². The quantitative estimate of drug-likeness (QED) is 0.490. The fourth-order valence-corrected chi connectivity index (χ4v) is 1.01. The van der Waals surface area contributed by atoms with Gasteiger partial charge >= 0.3 is 0 Å². The monoisotopic (exact) mass is 172 g/mol. The van der Waals surface area contributed by atoms with Crippen molar-refractivity contribution in [2.75, 3.05) is 0 Å². The normalized spacial score (nSPS) is 21.9. The first-order chi connectivity index (χ1) is 2.89. The van der Waals surface area contributed by atoms with Crippen LogP contribution in [0.15, 0.2) is 0 Å². The Morgan fingerprint density at radius 3 is 1.71 bits per heavy atom. The minimum atomic E-state index is 0. The Bertz CT molecular complexity index is 37.4. The maximum atomic E-state index is 3.94. The molecule has 1 radical (unpaired) electrons. The molecular formula is C6H11Y-. The van der Waals surface area contributed by atoms with Crippen LogP contribution in [-0.4, -0.2) is 0 Å². The average Bonchev–Trinajstić information content (AvgIpc) is 1.86. The second kappa shape index (κ2) is 4.03. The molecule has 1 saturated carbocycles. The van der Waals surface area contributed by atoms with Gasteiger partial charge in [-0.15, -0.1) is 0 Å². The average molecular weight is 172 g/mol. The first kappa shape index (κ1) is 8.10. The van der Waals surface area contributed by atoms with Crippen molar-refractivity contribution in [1.82, 2.24) is 0 Å². The third-order valence-corrected chi connectivity index (χ3v) is 1.47. The van der Waals surface area contributed by atoms with E-state index in [1.807, 2.05) is 0 Å². The van der Waals surface area contributed by atoms with Gasteiger partial charge in [0.2, 0.25) is 0 Å².